The Balaban J connectivity index is 2.17. The number of rotatable bonds is 4. The van der Waals surface area contributed by atoms with Crippen molar-refractivity contribution in [3.05, 3.63) is 35.1 Å². The van der Waals surface area contributed by atoms with Crippen LogP contribution in [0.1, 0.15) is 6.42 Å². The van der Waals surface area contributed by atoms with Gasteiger partial charge in [-0.25, -0.2) is 0 Å². The van der Waals surface area contributed by atoms with Crippen molar-refractivity contribution in [2.75, 3.05) is 13.2 Å². The summed E-state index contributed by atoms with van der Waals surface area (Å²) in [6.45, 7) is 3.02. The van der Waals surface area contributed by atoms with Crippen LogP contribution in [0.15, 0.2) is 29.8 Å². The summed E-state index contributed by atoms with van der Waals surface area (Å²) in [4.78, 5) is 15.3. The summed E-state index contributed by atoms with van der Waals surface area (Å²) in [5, 5.41) is 25.4. The summed E-state index contributed by atoms with van der Waals surface area (Å²) in [5.74, 6) is 0.0134. The Kier molecular flexibility index (Phi) is 3.96. The standard InChI is InChI=1S/C11H15N5O4/c1-7-14-9(19)2-3-16(7)10-4-8(18)11(6-17,20-10)5-13-15-12/h2-3,8,10,17-18H,1,4-6H2,(H,14,19)/t8-,10+,11+/m0/s1. The summed E-state index contributed by atoms with van der Waals surface area (Å²) in [6, 6.07) is 0. The Morgan fingerprint density at radius 2 is 2.50 bits per heavy atom. The maximum absolute atomic E-state index is 11.2. The van der Waals surface area contributed by atoms with Gasteiger partial charge in [-0.05, 0) is 5.53 Å². The molecule has 0 aromatic heterocycles. The third-order valence-electron chi connectivity index (χ3n) is 3.35. The number of hydrogen-bond acceptors (Lipinski definition) is 6. The fourth-order valence-corrected chi connectivity index (χ4v) is 2.22. The van der Waals surface area contributed by atoms with Crippen LogP contribution in [0.4, 0.5) is 0 Å². The topological polar surface area (TPSA) is 131 Å². The number of nitrogens with one attached hydrogen (secondary N) is 1. The minimum absolute atomic E-state index is 0.181. The van der Waals surface area contributed by atoms with E-state index in [4.69, 9.17) is 10.3 Å². The Morgan fingerprint density at radius 3 is 3.10 bits per heavy atom. The molecule has 0 saturated carbocycles. The number of aliphatic hydroxyl groups is 2. The van der Waals surface area contributed by atoms with E-state index in [9.17, 15) is 15.0 Å². The molecule has 9 heteroatoms. The minimum atomic E-state index is -1.34. The molecule has 0 aromatic carbocycles. The molecule has 0 bridgehead atoms. The lowest BCUT2D eigenvalue weighted by Gasteiger charge is -2.33. The average Bonchev–Trinajstić information content (AvgIpc) is 2.74. The second-order valence-electron chi connectivity index (χ2n) is 4.59. The molecule has 1 amide bonds. The number of carbonyl (C=O) groups excluding carboxylic acids is 1. The van der Waals surface area contributed by atoms with Crippen LogP contribution in [-0.4, -0.2) is 52.1 Å². The van der Waals surface area contributed by atoms with Crippen molar-refractivity contribution in [3.63, 3.8) is 0 Å². The first-order valence-corrected chi connectivity index (χ1v) is 5.96. The predicted octanol–water partition coefficient (Wildman–Crippen LogP) is -0.448. The zero-order valence-electron chi connectivity index (χ0n) is 10.6. The number of nitrogens with zero attached hydrogens (tertiary/aromatic N) is 4. The van der Waals surface area contributed by atoms with Crippen LogP contribution in [0.25, 0.3) is 10.4 Å². The molecule has 0 unspecified atom stereocenters. The fraction of sp³-hybridized carbons (Fsp3) is 0.545. The molecule has 108 valence electrons. The molecule has 20 heavy (non-hydrogen) atoms. The van der Waals surface area contributed by atoms with Crippen LogP contribution in [0, 0.1) is 0 Å². The average molecular weight is 281 g/mol. The molecule has 2 heterocycles. The molecular weight excluding hydrogens is 266 g/mol. The second kappa shape index (κ2) is 5.51. The fourth-order valence-electron chi connectivity index (χ4n) is 2.22. The number of ether oxygens (including phenoxy) is 1. The van der Waals surface area contributed by atoms with E-state index in [0.717, 1.165) is 0 Å². The number of hydrogen-bond donors (Lipinski definition) is 3. The highest BCUT2D eigenvalue weighted by Gasteiger charge is 2.49. The zero-order valence-corrected chi connectivity index (χ0v) is 10.6. The van der Waals surface area contributed by atoms with Crippen molar-refractivity contribution < 1.29 is 19.7 Å². The molecule has 1 saturated heterocycles. The summed E-state index contributed by atoms with van der Waals surface area (Å²) in [7, 11) is 0. The van der Waals surface area contributed by atoms with Crippen molar-refractivity contribution in [2.24, 2.45) is 5.11 Å². The van der Waals surface area contributed by atoms with Crippen molar-refractivity contribution in [3.8, 4) is 0 Å². The molecule has 3 N–H and O–H groups in total. The van der Waals surface area contributed by atoms with Crippen molar-refractivity contribution in [1.82, 2.24) is 10.2 Å². The molecule has 2 aliphatic rings. The molecule has 9 nitrogen and oxygen atoms in total. The summed E-state index contributed by atoms with van der Waals surface area (Å²) in [6.07, 6.45) is 1.36. The molecule has 0 aliphatic carbocycles. The first-order chi connectivity index (χ1) is 9.52. The van der Waals surface area contributed by atoms with E-state index in [0.29, 0.717) is 5.82 Å². The zero-order chi connectivity index (χ0) is 14.8. The van der Waals surface area contributed by atoms with Crippen LogP contribution < -0.4 is 5.32 Å². The Bertz CT molecular complexity index is 501. The molecule has 2 rings (SSSR count). The number of carbonyl (C=O) groups is 1. The first kappa shape index (κ1) is 14.4. The monoisotopic (exact) mass is 281 g/mol. The van der Waals surface area contributed by atoms with E-state index < -0.39 is 24.5 Å². The highest BCUT2D eigenvalue weighted by Crippen LogP contribution is 2.34. The molecule has 1 fully saturated rings. The van der Waals surface area contributed by atoms with Gasteiger partial charge in [-0.2, -0.15) is 0 Å². The number of amides is 1. The van der Waals surface area contributed by atoms with Gasteiger partial charge in [0.25, 0.3) is 5.91 Å². The first-order valence-electron chi connectivity index (χ1n) is 5.96. The van der Waals surface area contributed by atoms with Gasteiger partial charge in [0.05, 0.1) is 19.3 Å². The Morgan fingerprint density at radius 1 is 1.75 bits per heavy atom. The molecule has 0 spiro atoms. The third-order valence-corrected chi connectivity index (χ3v) is 3.35. The van der Waals surface area contributed by atoms with Crippen LogP contribution >= 0.6 is 0 Å². The van der Waals surface area contributed by atoms with Gasteiger partial charge in [0.15, 0.2) is 0 Å². The maximum atomic E-state index is 11.2. The summed E-state index contributed by atoms with van der Waals surface area (Å²) in [5.41, 5.74) is 7.02. The van der Waals surface area contributed by atoms with Crippen molar-refractivity contribution in [1.29, 1.82) is 0 Å². The van der Waals surface area contributed by atoms with Crippen molar-refractivity contribution in [2.45, 2.75) is 24.4 Å². The van der Waals surface area contributed by atoms with Crippen LogP contribution in [0.5, 0.6) is 0 Å². The highest BCUT2D eigenvalue weighted by atomic mass is 16.6. The summed E-state index contributed by atoms with van der Waals surface area (Å²) >= 11 is 0. The van der Waals surface area contributed by atoms with Gasteiger partial charge in [0.2, 0.25) is 0 Å². The quantitative estimate of drug-likeness (QED) is 0.365. The largest absolute Gasteiger partial charge is 0.393 e. The molecule has 0 radical (unpaired) electrons. The van der Waals surface area contributed by atoms with Gasteiger partial charge >= 0.3 is 0 Å². The maximum Gasteiger partial charge on any atom is 0.250 e. The Hall–Kier alpha value is -2.06. The van der Waals surface area contributed by atoms with Crippen LogP contribution in [0.2, 0.25) is 0 Å². The van der Waals surface area contributed by atoms with E-state index in [1.807, 2.05) is 0 Å². The minimum Gasteiger partial charge on any atom is -0.393 e. The lowest BCUT2D eigenvalue weighted by molar-refractivity contribution is -0.131. The van der Waals surface area contributed by atoms with Gasteiger partial charge in [-0.3, -0.25) is 4.79 Å². The molecular formula is C11H15N5O4. The molecule has 2 aliphatic heterocycles. The van der Waals surface area contributed by atoms with Gasteiger partial charge in [0.1, 0.15) is 17.6 Å². The van der Waals surface area contributed by atoms with Gasteiger partial charge < -0.3 is 25.2 Å². The second-order valence-corrected chi connectivity index (χ2v) is 4.59. The van der Waals surface area contributed by atoms with Crippen molar-refractivity contribution >= 4 is 5.91 Å². The third kappa shape index (κ3) is 2.47. The lowest BCUT2D eigenvalue weighted by atomic mass is 9.98. The lowest BCUT2D eigenvalue weighted by Crippen LogP contribution is -2.47. The van der Waals surface area contributed by atoms with E-state index in [1.54, 1.807) is 0 Å². The van der Waals surface area contributed by atoms with E-state index in [2.05, 4.69) is 21.9 Å². The van der Waals surface area contributed by atoms with Crippen LogP contribution in [0.3, 0.4) is 0 Å². The van der Waals surface area contributed by atoms with Gasteiger partial charge in [-0.15, -0.1) is 0 Å². The van der Waals surface area contributed by atoms with E-state index in [1.165, 1.54) is 17.2 Å². The SMILES string of the molecule is C=C1NC(=O)C=CN1[C@H]1C[C@H](O)[C@](CO)(CN=[N+]=[N-])O1. The van der Waals surface area contributed by atoms with Gasteiger partial charge in [-0.1, -0.05) is 11.7 Å². The smallest absolute Gasteiger partial charge is 0.250 e. The van der Waals surface area contributed by atoms with E-state index in [-0.39, 0.29) is 18.9 Å². The molecule has 0 aromatic rings. The highest BCUT2D eigenvalue weighted by molar-refractivity contribution is 5.89. The molecule has 3 atom stereocenters. The van der Waals surface area contributed by atoms with E-state index >= 15 is 0 Å². The van der Waals surface area contributed by atoms with Crippen LogP contribution in [-0.2, 0) is 9.53 Å². The number of azide groups is 1. The van der Waals surface area contributed by atoms with Gasteiger partial charge in [0, 0.05) is 23.6 Å². The Labute approximate surface area is 114 Å². The predicted molar refractivity (Wildman–Crippen MR) is 67.6 cm³/mol. The normalized spacial score (nSPS) is 33.0. The summed E-state index contributed by atoms with van der Waals surface area (Å²) < 4.78 is 5.66. The number of aliphatic hydroxyl groups excluding tert-OH is 2.